The number of aromatic amines is 1. The van der Waals surface area contributed by atoms with Crippen molar-refractivity contribution in [2.24, 2.45) is 0 Å². The third kappa shape index (κ3) is 3.29. The molecule has 1 aromatic rings. The van der Waals surface area contributed by atoms with Crippen LogP contribution in [0.2, 0.25) is 0 Å². The molecular weight excluding hydrogens is 310 g/mol. The number of carbonyl (C=O) groups is 2. The number of piperazine rings is 1. The van der Waals surface area contributed by atoms with Gasteiger partial charge >= 0.3 is 6.09 Å². The first-order valence-corrected chi connectivity index (χ1v) is 8.19. The van der Waals surface area contributed by atoms with Gasteiger partial charge in [0.05, 0.1) is 11.1 Å². The van der Waals surface area contributed by atoms with Crippen molar-refractivity contribution in [3.05, 3.63) is 34.2 Å². The van der Waals surface area contributed by atoms with E-state index in [-0.39, 0.29) is 23.1 Å². The van der Waals surface area contributed by atoms with Crippen molar-refractivity contribution in [2.45, 2.75) is 44.8 Å². The third-order valence-corrected chi connectivity index (χ3v) is 4.41. The van der Waals surface area contributed by atoms with E-state index in [0.29, 0.717) is 25.2 Å². The number of hydrogen-bond donors (Lipinski definition) is 1. The van der Waals surface area contributed by atoms with Gasteiger partial charge in [0.1, 0.15) is 5.60 Å². The first-order chi connectivity index (χ1) is 11.2. The Morgan fingerprint density at radius 2 is 1.92 bits per heavy atom. The van der Waals surface area contributed by atoms with E-state index in [1.165, 1.54) is 18.3 Å². The minimum Gasteiger partial charge on any atom is -0.444 e. The van der Waals surface area contributed by atoms with Crippen LogP contribution >= 0.6 is 0 Å². The van der Waals surface area contributed by atoms with Gasteiger partial charge in [0.25, 0.3) is 5.91 Å². The molecule has 0 radical (unpaired) electrons. The number of rotatable bonds is 1. The second kappa shape index (κ2) is 5.65. The Balaban J connectivity index is 1.71. The smallest absolute Gasteiger partial charge is 0.410 e. The zero-order chi connectivity index (χ0) is 17.5. The van der Waals surface area contributed by atoms with E-state index in [2.05, 4.69) is 4.98 Å². The summed E-state index contributed by atoms with van der Waals surface area (Å²) in [5.74, 6) is -0.104. The molecule has 1 aliphatic heterocycles. The molecule has 7 heteroatoms. The number of aromatic nitrogens is 1. The lowest BCUT2D eigenvalue weighted by Gasteiger charge is -2.42. The molecule has 1 aromatic heterocycles. The van der Waals surface area contributed by atoms with E-state index in [9.17, 15) is 14.4 Å². The maximum absolute atomic E-state index is 12.7. The SMILES string of the molecule is CC(C)(C)OC(=O)N1CCN(C(=O)c2ccc(=O)[nH]c2)C2(CC2)C1. The minimum atomic E-state index is -0.531. The Morgan fingerprint density at radius 3 is 2.46 bits per heavy atom. The molecule has 0 aromatic carbocycles. The second-order valence-electron chi connectivity index (χ2n) is 7.52. The van der Waals surface area contributed by atoms with Crippen LogP contribution in [0.1, 0.15) is 44.0 Å². The molecule has 130 valence electrons. The number of nitrogens with zero attached hydrogens (tertiary/aromatic N) is 2. The van der Waals surface area contributed by atoms with Crippen LogP contribution < -0.4 is 5.56 Å². The van der Waals surface area contributed by atoms with Crippen LogP contribution in [0.5, 0.6) is 0 Å². The van der Waals surface area contributed by atoms with E-state index in [1.54, 1.807) is 4.90 Å². The first kappa shape index (κ1) is 16.5. The maximum Gasteiger partial charge on any atom is 0.410 e. The molecule has 24 heavy (non-hydrogen) atoms. The van der Waals surface area contributed by atoms with Gasteiger partial charge in [-0.05, 0) is 39.7 Å². The Morgan fingerprint density at radius 1 is 1.21 bits per heavy atom. The number of nitrogens with one attached hydrogen (secondary N) is 1. The van der Waals surface area contributed by atoms with Crippen molar-refractivity contribution in [3.8, 4) is 0 Å². The fraction of sp³-hybridized carbons (Fsp3) is 0.588. The quantitative estimate of drug-likeness (QED) is 0.846. The van der Waals surface area contributed by atoms with Crippen molar-refractivity contribution in [2.75, 3.05) is 19.6 Å². The lowest BCUT2D eigenvalue weighted by Crippen LogP contribution is -2.58. The predicted octanol–water partition coefficient (Wildman–Crippen LogP) is 1.60. The molecule has 0 bridgehead atoms. The van der Waals surface area contributed by atoms with Gasteiger partial charge in [-0.3, -0.25) is 9.59 Å². The number of ether oxygens (including phenoxy) is 1. The molecule has 1 N–H and O–H groups in total. The molecule has 2 amide bonds. The lowest BCUT2D eigenvalue weighted by molar-refractivity contribution is 0.000623. The average Bonchev–Trinajstić information content (AvgIpc) is 3.25. The molecule has 7 nitrogen and oxygen atoms in total. The van der Waals surface area contributed by atoms with Crippen LogP contribution in [-0.4, -0.2) is 57.6 Å². The molecule has 1 saturated carbocycles. The first-order valence-electron chi connectivity index (χ1n) is 8.19. The van der Waals surface area contributed by atoms with Crippen molar-refractivity contribution in [3.63, 3.8) is 0 Å². The Labute approximate surface area is 140 Å². The van der Waals surface area contributed by atoms with Crippen molar-refractivity contribution in [1.29, 1.82) is 0 Å². The van der Waals surface area contributed by atoms with Gasteiger partial charge in [-0.15, -0.1) is 0 Å². The summed E-state index contributed by atoms with van der Waals surface area (Å²) in [6, 6.07) is 2.89. The van der Waals surface area contributed by atoms with Gasteiger partial charge in [-0.1, -0.05) is 0 Å². The van der Waals surface area contributed by atoms with Crippen LogP contribution in [0, 0.1) is 0 Å². The number of amides is 2. The molecular formula is C17H23N3O4. The van der Waals surface area contributed by atoms with E-state index in [0.717, 1.165) is 12.8 Å². The highest BCUT2D eigenvalue weighted by Crippen LogP contribution is 2.45. The number of carbonyl (C=O) groups excluding carboxylic acids is 2. The summed E-state index contributed by atoms with van der Waals surface area (Å²) >= 11 is 0. The predicted molar refractivity (Wildman–Crippen MR) is 87.9 cm³/mol. The lowest BCUT2D eigenvalue weighted by atomic mass is 10.1. The molecule has 2 fully saturated rings. The highest BCUT2D eigenvalue weighted by Gasteiger charge is 2.54. The van der Waals surface area contributed by atoms with Crippen LogP contribution in [0.15, 0.2) is 23.1 Å². The van der Waals surface area contributed by atoms with Crippen molar-refractivity contribution in [1.82, 2.24) is 14.8 Å². The molecule has 1 saturated heterocycles. The van der Waals surface area contributed by atoms with Gasteiger partial charge in [0.15, 0.2) is 0 Å². The van der Waals surface area contributed by atoms with E-state index in [1.807, 2.05) is 25.7 Å². The number of hydrogen-bond acceptors (Lipinski definition) is 4. The highest BCUT2D eigenvalue weighted by molar-refractivity contribution is 5.95. The van der Waals surface area contributed by atoms with Crippen LogP contribution in [-0.2, 0) is 4.74 Å². The Bertz CT molecular complexity index is 695. The van der Waals surface area contributed by atoms with Gasteiger partial charge < -0.3 is 19.5 Å². The monoisotopic (exact) mass is 333 g/mol. The molecule has 0 atom stereocenters. The summed E-state index contributed by atoms with van der Waals surface area (Å²) < 4.78 is 5.44. The Hall–Kier alpha value is -2.31. The molecule has 3 rings (SSSR count). The number of pyridine rings is 1. The summed E-state index contributed by atoms with van der Waals surface area (Å²) in [7, 11) is 0. The normalized spacial score (nSPS) is 19.3. The average molecular weight is 333 g/mol. The highest BCUT2D eigenvalue weighted by atomic mass is 16.6. The zero-order valence-corrected chi connectivity index (χ0v) is 14.3. The largest absolute Gasteiger partial charge is 0.444 e. The summed E-state index contributed by atoms with van der Waals surface area (Å²) in [5.41, 5.74) is -0.590. The zero-order valence-electron chi connectivity index (χ0n) is 14.3. The molecule has 2 aliphatic rings. The molecule has 1 aliphatic carbocycles. The van der Waals surface area contributed by atoms with E-state index >= 15 is 0 Å². The third-order valence-electron chi connectivity index (χ3n) is 4.41. The van der Waals surface area contributed by atoms with Crippen molar-refractivity contribution < 1.29 is 14.3 Å². The summed E-state index contributed by atoms with van der Waals surface area (Å²) in [6.07, 6.45) is 2.87. The maximum atomic E-state index is 12.7. The van der Waals surface area contributed by atoms with E-state index < -0.39 is 5.60 Å². The van der Waals surface area contributed by atoms with E-state index in [4.69, 9.17) is 4.74 Å². The molecule has 0 unspecified atom stereocenters. The molecule has 1 spiro atoms. The summed E-state index contributed by atoms with van der Waals surface area (Å²) in [6.45, 7) is 6.94. The van der Waals surface area contributed by atoms with Crippen LogP contribution in [0.25, 0.3) is 0 Å². The fourth-order valence-electron chi connectivity index (χ4n) is 3.05. The van der Waals surface area contributed by atoms with Gasteiger partial charge in [-0.2, -0.15) is 0 Å². The second-order valence-corrected chi connectivity index (χ2v) is 7.52. The number of H-pyrrole nitrogens is 1. The molecule has 2 heterocycles. The van der Waals surface area contributed by atoms with Gasteiger partial charge in [-0.25, -0.2) is 4.79 Å². The summed E-state index contributed by atoms with van der Waals surface area (Å²) in [5, 5.41) is 0. The minimum absolute atomic E-state index is 0.104. The van der Waals surface area contributed by atoms with Gasteiger partial charge in [0.2, 0.25) is 5.56 Å². The van der Waals surface area contributed by atoms with Crippen LogP contribution in [0.4, 0.5) is 4.79 Å². The van der Waals surface area contributed by atoms with Crippen molar-refractivity contribution >= 4 is 12.0 Å². The van der Waals surface area contributed by atoms with Gasteiger partial charge in [0, 0.05) is 31.9 Å². The summed E-state index contributed by atoms with van der Waals surface area (Å²) in [4.78, 5) is 42.2. The Kier molecular flexibility index (Phi) is 3.89. The van der Waals surface area contributed by atoms with Crippen LogP contribution in [0.3, 0.4) is 0 Å². The fourth-order valence-corrected chi connectivity index (χ4v) is 3.05. The standard InChI is InChI=1S/C17H23N3O4/c1-16(2,3)24-15(23)19-8-9-20(17(11-19)6-7-17)14(22)12-4-5-13(21)18-10-12/h4-5,10H,6-9,11H2,1-3H3,(H,18,21). The topological polar surface area (TPSA) is 82.7 Å².